The number of halogens is 1. The monoisotopic (exact) mass is 381 g/mol. The zero-order valence-electron chi connectivity index (χ0n) is 13.1. The summed E-state index contributed by atoms with van der Waals surface area (Å²) in [6.45, 7) is 0.510. The Kier molecular flexibility index (Phi) is 6.51. The second kappa shape index (κ2) is 8.61. The molecule has 0 fully saturated rings. The quantitative estimate of drug-likeness (QED) is 0.415. The van der Waals surface area contributed by atoms with Crippen LogP contribution < -0.4 is 10.0 Å². The molecule has 0 aliphatic heterocycles. The van der Waals surface area contributed by atoms with Gasteiger partial charge in [-0.25, -0.2) is 13.1 Å². The molecule has 0 aromatic heterocycles. The van der Waals surface area contributed by atoms with Gasteiger partial charge in [-0.3, -0.25) is 10.1 Å². The number of nitrogens with zero attached hydrogens (tertiary/aromatic N) is 1. The number of hydrogen-bond acceptors (Lipinski definition) is 5. The molecule has 0 heterocycles. The van der Waals surface area contributed by atoms with E-state index in [0.29, 0.717) is 17.3 Å². The lowest BCUT2D eigenvalue weighted by Crippen LogP contribution is -2.27. The van der Waals surface area contributed by atoms with Crippen LogP contribution in [0.25, 0.3) is 6.08 Å². The molecule has 0 spiro atoms. The highest BCUT2D eigenvalue weighted by molar-refractivity contribution is 7.92. The van der Waals surface area contributed by atoms with Gasteiger partial charge in [-0.2, -0.15) is 0 Å². The Hall–Kier alpha value is -2.42. The van der Waals surface area contributed by atoms with Crippen molar-refractivity contribution in [1.82, 2.24) is 4.72 Å². The Morgan fingerprint density at radius 3 is 2.28 bits per heavy atom. The van der Waals surface area contributed by atoms with Gasteiger partial charge in [0.15, 0.2) is 0 Å². The van der Waals surface area contributed by atoms with Gasteiger partial charge in [-0.15, -0.1) is 0 Å². The van der Waals surface area contributed by atoms with Crippen molar-refractivity contribution in [2.45, 2.75) is 0 Å². The third kappa shape index (κ3) is 6.54. The van der Waals surface area contributed by atoms with Crippen molar-refractivity contribution in [2.24, 2.45) is 0 Å². The molecule has 0 amide bonds. The van der Waals surface area contributed by atoms with Gasteiger partial charge in [0.05, 0.1) is 4.92 Å². The molecule has 0 atom stereocenters. The number of nitro benzene ring substituents is 1. The van der Waals surface area contributed by atoms with Crippen molar-refractivity contribution in [3.05, 3.63) is 74.6 Å². The highest BCUT2D eigenvalue weighted by atomic mass is 35.5. The van der Waals surface area contributed by atoms with E-state index in [4.69, 9.17) is 11.6 Å². The van der Waals surface area contributed by atoms with Crippen LogP contribution in [0, 0.1) is 10.1 Å². The second-order valence-corrected chi connectivity index (χ2v) is 7.11. The first-order valence-corrected chi connectivity index (χ1v) is 9.20. The molecule has 2 aromatic carbocycles. The zero-order valence-corrected chi connectivity index (χ0v) is 14.6. The molecular weight excluding hydrogens is 366 g/mol. The summed E-state index contributed by atoms with van der Waals surface area (Å²) < 4.78 is 26.2. The van der Waals surface area contributed by atoms with Crippen LogP contribution in [-0.2, 0) is 10.0 Å². The molecular formula is C16H16ClN3O4S. The second-order valence-electron chi connectivity index (χ2n) is 5.02. The molecule has 0 bridgehead atoms. The first-order chi connectivity index (χ1) is 11.9. The number of hydrogen-bond donors (Lipinski definition) is 2. The van der Waals surface area contributed by atoms with Crippen LogP contribution >= 0.6 is 11.6 Å². The largest absolute Gasteiger partial charge is 0.384 e. The molecule has 25 heavy (non-hydrogen) atoms. The van der Waals surface area contributed by atoms with E-state index < -0.39 is 14.9 Å². The van der Waals surface area contributed by atoms with Crippen molar-refractivity contribution in [3.8, 4) is 0 Å². The SMILES string of the molecule is O=[N+]([O-])c1ccc(NCCNS(=O)(=O)/C=C/c2ccc(Cl)cc2)cc1. The standard InChI is InChI=1S/C16H16ClN3O4S/c17-14-3-1-13(2-4-14)9-12-25(23,24)19-11-10-18-15-5-7-16(8-6-15)20(21)22/h1-9,12,18-19H,10-11H2/b12-9+. The maximum absolute atomic E-state index is 11.9. The van der Waals surface area contributed by atoms with Crippen molar-refractivity contribution in [3.63, 3.8) is 0 Å². The van der Waals surface area contributed by atoms with Crippen LogP contribution in [0.1, 0.15) is 5.56 Å². The highest BCUT2D eigenvalue weighted by Gasteiger charge is 2.05. The molecule has 2 rings (SSSR count). The van der Waals surface area contributed by atoms with E-state index in [9.17, 15) is 18.5 Å². The fourth-order valence-electron chi connectivity index (χ4n) is 1.89. The molecule has 0 radical (unpaired) electrons. The average molecular weight is 382 g/mol. The van der Waals surface area contributed by atoms with E-state index in [2.05, 4.69) is 10.0 Å². The number of nitrogens with one attached hydrogen (secondary N) is 2. The van der Waals surface area contributed by atoms with Gasteiger partial charge in [0.25, 0.3) is 5.69 Å². The highest BCUT2D eigenvalue weighted by Crippen LogP contribution is 2.15. The predicted octanol–water partition coefficient (Wildman–Crippen LogP) is 3.25. The first kappa shape index (κ1) is 18.9. The average Bonchev–Trinajstić information content (AvgIpc) is 2.59. The molecule has 0 saturated heterocycles. The number of anilines is 1. The van der Waals surface area contributed by atoms with Gasteiger partial charge in [-0.1, -0.05) is 23.7 Å². The van der Waals surface area contributed by atoms with Crippen molar-refractivity contribution < 1.29 is 13.3 Å². The molecule has 7 nitrogen and oxygen atoms in total. The molecule has 2 N–H and O–H groups in total. The van der Waals surface area contributed by atoms with Crippen LogP contribution in [0.2, 0.25) is 5.02 Å². The lowest BCUT2D eigenvalue weighted by atomic mass is 10.2. The van der Waals surface area contributed by atoms with Crippen molar-refractivity contribution in [1.29, 1.82) is 0 Å². The minimum Gasteiger partial charge on any atom is -0.384 e. The number of sulfonamides is 1. The van der Waals surface area contributed by atoms with Crippen LogP contribution in [-0.4, -0.2) is 26.4 Å². The van der Waals surface area contributed by atoms with Crippen molar-refractivity contribution >= 4 is 39.1 Å². The van der Waals surface area contributed by atoms with E-state index in [-0.39, 0.29) is 12.2 Å². The normalized spacial score (nSPS) is 11.6. The number of non-ortho nitro benzene ring substituents is 1. The fourth-order valence-corrected chi connectivity index (χ4v) is 2.84. The smallest absolute Gasteiger partial charge is 0.269 e. The summed E-state index contributed by atoms with van der Waals surface area (Å²) in [7, 11) is -3.56. The fraction of sp³-hybridized carbons (Fsp3) is 0.125. The number of nitro groups is 1. The van der Waals surface area contributed by atoms with Gasteiger partial charge in [-0.05, 0) is 35.9 Å². The number of rotatable bonds is 8. The minimum absolute atomic E-state index is 0.00131. The maximum Gasteiger partial charge on any atom is 0.269 e. The lowest BCUT2D eigenvalue weighted by molar-refractivity contribution is -0.384. The summed E-state index contributed by atoms with van der Waals surface area (Å²) >= 11 is 5.77. The minimum atomic E-state index is -3.56. The summed E-state index contributed by atoms with van der Waals surface area (Å²) in [5, 5.41) is 15.2. The number of benzene rings is 2. The Balaban J connectivity index is 1.79. The van der Waals surface area contributed by atoms with Crippen LogP contribution in [0.15, 0.2) is 53.9 Å². The van der Waals surface area contributed by atoms with E-state index >= 15 is 0 Å². The Morgan fingerprint density at radius 2 is 1.68 bits per heavy atom. The Morgan fingerprint density at radius 1 is 1.04 bits per heavy atom. The lowest BCUT2D eigenvalue weighted by Gasteiger charge is -2.06. The zero-order chi connectivity index (χ0) is 18.3. The van der Waals surface area contributed by atoms with E-state index in [0.717, 1.165) is 11.0 Å². The van der Waals surface area contributed by atoms with Crippen LogP contribution in [0.3, 0.4) is 0 Å². The summed E-state index contributed by atoms with van der Waals surface area (Å²) in [4.78, 5) is 10.1. The molecule has 9 heteroatoms. The molecule has 0 saturated carbocycles. The predicted molar refractivity (Wildman–Crippen MR) is 99.0 cm³/mol. The Bertz CT molecular complexity index is 850. The third-order valence-corrected chi connectivity index (χ3v) is 4.50. The third-order valence-electron chi connectivity index (χ3n) is 3.15. The molecule has 2 aromatic rings. The van der Waals surface area contributed by atoms with Crippen LogP contribution in [0.5, 0.6) is 0 Å². The van der Waals surface area contributed by atoms with Gasteiger partial charge in [0, 0.05) is 41.3 Å². The van der Waals surface area contributed by atoms with Gasteiger partial charge < -0.3 is 5.32 Å². The summed E-state index contributed by atoms with van der Waals surface area (Å²) in [5.41, 5.74) is 1.39. The van der Waals surface area contributed by atoms with Crippen molar-refractivity contribution in [2.75, 3.05) is 18.4 Å². The van der Waals surface area contributed by atoms with E-state index in [1.54, 1.807) is 36.4 Å². The summed E-state index contributed by atoms with van der Waals surface area (Å²) in [6.07, 6.45) is 1.47. The molecule has 132 valence electrons. The van der Waals surface area contributed by atoms with Gasteiger partial charge >= 0.3 is 0 Å². The summed E-state index contributed by atoms with van der Waals surface area (Å²) in [6, 6.07) is 12.7. The molecule has 0 aliphatic rings. The van der Waals surface area contributed by atoms with E-state index in [1.807, 2.05) is 0 Å². The topological polar surface area (TPSA) is 101 Å². The molecule has 0 aliphatic carbocycles. The first-order valence-electron chi connectivity index (χ1n) is 7.27. The summed E-state index contributed by atoms with van der Waals surface area (Å²) in [5.74, 6) is 0. The van der Waals surface area contributed by atoms with E-state index in [1.165, 1.54) is 18.2 Å². The van der Waals surface area contributed by atoms with Crippen LogP contribution in [0.4, 0.5) is 11.4 Å². The Labute approximate surface area is 150 Å². The van der Waals surface area contributed by atoms with Gasteiger partial charge in [0.2, 0.25) is 10.0 Å². The maximum atomic E-state index is 11.9. The molecule has 0 unspecified atom stereocenters. The van der Waals surface area contributed by atoms with Gasteiger partial charge in [0.1, 0.15) is 0 Å².